The van der Waals surface area contributed by atoms with Crippen LogP contribution in [0.5, 0.6) is 0 Å². The van der Waals surface area contributed by atoms with Crippen molar-refractivity contribution in [1.82, 2.24) is 14.5 Å². The molecule has 0 saturated heterocycles. The van der Waals surface area contributed by atoms with Crippen LogP contribution >= 0.6 is 34.8 Å². The molecule has 2 heterocycles. The molecule has 1 N–H and O–H groups in total. The molecule has 0 atom stereocenters. The molecule has 0 amide bonds. The number of nitrogens with one attached hydrogen (secondary N) is 1. The van der Waals surface area contributed by atoms with E-state index < -0.39 is 0 Å². The molecule has 5 heteroatoms. The lowest BCUT2D eigenvalue weighted by Gasteiger charge is -2.06. The SMILES string of the molecule is Cc1ccc2[nH]c(=S)n(-c3ccccc3I)c2n1. The maximum absolute atomic E-state index is 5.40. The van der Waals surface area contributed by atoms with E-state index in [1.165, 1.54) is 0 Å². The molecule has 0 bridgehead atoms. The van der Waals surface area contributed by atoms with Crippen LogP contribution in [0.4, 0.5) is 0 Å². The van der Waals surface area contributed by atoms with Gasteiger partial charge >= 0.3 is 0 Å². The highest BCUT2D eigenvalue weighted by Gasteiger charge is 2.10. The highest BCUT2D eigenvalue weighted by molar-refractivity contribution is 14.1. The van der Waals surface area contributed by atoms with Gasteiger partial charge in [-0.05, 0) is 66.0 Å². The largest absolute Gasteiger partial charge is 0.329 e. The van der Waals surface area contributed by atoms with E-state index in [9.17, 15) is 0 Å². The van der Waals surface area contributed by atoms with E-state index in [-0.39, 0.29) is 0 Å². The van der Waals surface area contributed by atoms with Gasteiger partial charge in [-0.15, -0.1) is 0 Å². The Balaban J connectivity index is 2.42. The van der Waals surface area contributed by atoms with Crippen LogP contribution < -0.4 is 0 Å². The topological polar surface area (TPSA) is 33.6 Å². The van der Waals surface area contributed by atoms with Crippen LogP contribution in [0.3, 0.4) is 0 Å². The molecule has 0 aliphatic rings. The molecule has 3 aromatic rings. The second-order valence-electron chi connectivity index (χ2n) is 4.04. The molecule has 0 spiro atoms. The van der Waals surface area contributed by atoms with Gasteiger partial charge in [-0.2, -0.15) is 0 Å². The van der Waals surface area contributed by atoms with Gasteiger partial charge in [0.25, 0.3) is 0 Å². The minimum atomic E-state index is 0.673. The van der Waals surface area contributed by atoms with Gasteiger partial charge in [0.1, 0.15) is 0 Å². The molecular weight excluding hydrogens is 357 g/mol. The third-order valence-corrected chi connectivity index (χ3v) is 3.96. The van der Waals surface area contributed by atoms with Gasteiger partial charge in [-0.3, -0.25) is 4.57 Å². The first kappa shape index (κ1) is 11.9. The molecule has 1 aromatic carbocycles. The summed E-state index contributed by atoms with van der Waals surface area (Å²) in [5.74, 6) is 0. The lowest BCUT2D eigenvalue weighted by Crippen LogP contribution is -1.98. The lowest BCUT2D eigenvalue weighted by atomic mass is 10.3. The zero-order valence-corrected chi connectivity index (χ0v) is 12.6. The van der Waals surface area contributed by atoms with Crippen molar-refractivity contribution in [3.8, 4) is 5.69 Å². The summed E-state index contributed by atoms with van der Waals surface area (Å²) in [6, 6.07) is 12.1. The Morgan fingerprint density at radius 3 is 2.78 bits per heavy atom. The Hall–Kier alpha value is -1.21. The summed E-state index contributed by atoms with van der Waals surface area (Å²) in [7, 11) is 0. The van der Waals surface area contributed by atoms with Crippen LogP contribution in [0.1, 0.15) is 5.69 Å². The number of hydrogen-bond donors (Lipinski definition) is 1. The van der Waals surface area contributed by atoms with Crippen molar-refractivity contribution in [1.29, 1.82) is 0 Å². The highest BCUT2D eigenvalue weighted by Crippen LogP contribution is 2.22. The number of rotatable bonds is 1. The maximum atomic E-state index is 5.40. The first-order chi connectivity index (χ1) is 8.66. The number of aromatic nitrogens is 3. The fourth-order valence-corrected chi connectivity index (χ4v) is 2.86. The summed E-state index contributed by atoms with van der Waals surface area (Å²) < 4.78 is 3.81. The van der Waals surface area contributed by atoms with Gasteiger partial charge in [0.05, 0.1) is 11.2 Å². The van der Waals surface area contributed by atoms with Crippen LogP contribution in [0.25, 0.3) is 16.9 Å². The fourth-order valence-electron chi connectivity index (χ4n) is 1.93. The van der Waals surface area contributed by atoms with Crippen molar-refractivity contribution in [2.24, 2.45) is 0 Å². The average Bonchev–Trinajstić information content (AvgIpc) is 2.66. The number of pyridine rings is 1. The number of imidazole rings is 1. The van der Waals surface area contributed by atoms with Crippen molar-refractivity contribution in [2.75, 3.05) is 0 Å². The highest BCUT2D eigenvalue weighted by atomic mass is 127. The van der Waals surface area contributed by atoms with Crippen molar-refractivity contribution >= 4 is 46.0 Å². The Morgan fingerprint density at radius 2 is 2.00 bits per heavy atom. The molecular formula is C13H10IN3S. The Bertz CT molecular complexity index is 788. The van der Waals surface area contributed by atoms with Crippen molar-refractivity contribution in [3.05, 3.63) is 50.4 Å². The first-order valence-corrected chi connectivity index (χ1v) is 6.99. The number of aryl methyl sites for hydroxylation is 1. The minimum Gasteiger partial charge on any atom is -0.329 e. The zero-order valence-electron chi connectivity index (χ0n) is 9.64. The molecule has 18 heavy (non-hydrogen) atoms. The van der Waals surface area contributed by atoms with Crippen LogP contribution in [0.15, 0.2) is 36.4 Å². The van der Waals surface area contributed by atoms with Crippen molar-refractivity contribution < 1.29 is 0 Å². The van der Waals surface area contributed by atoms with Crippen LogP contribution in [-0.2, 0) is 0 Å². The van der Waals surface area contributed by atoms with Gasteiger partial charge in [-0.25, -0.2) is 4.98 Å². The van der Waals surface area contributed by atoms with Crippen LogP contribution in [-0.4, -0.2) is 14.5 Å². The first-order valence-electron chi connectivity index (χ1n) is 5.50. The Kier molecular flexibility index (Phi) is 2.95. The van der Waals surface area contributed by atoms with Gasteiger partial charge in [0.15, 0.2) is 10.4 Å². The number of halogens is 1. The molecule has 0 aliphatic carbocycles. The monoisotopic (exact) mass is 367 g/mol. The summed E-state index contributed by atoms with van der Waals surface area (Å²) in [6.07, 6.45) is 0. The van der Waals surface area contributed by atoms with Crippen LogP contribution in [0.2, 0.25) is 0 Å². The summed E-state index contributed by atoms with van der Waals surface area (Å²) >= 11 is 7.71. The Labute approximate surface area is 123 Å². The van der Waals surface area contributed by atoms with E-state index in [1.54, 1.807) is 0 Å². The van der Waals surface area contributed by atoms with Crippen molar-refractivity contribution in [2.45, 2.75) is 6.92 Å². The van der Waals surface area contributed by atoms with Gasteiger partial charge in [0, 0.05) is 9.26 Å². The fraction of sp³-hybridized carbons (Fsp3) is 0.0769. The molecule has 3 rings (SSSR count). The van der Waals surface area contributed by atoms with E-state index in [4.69, 9.17) is 12.2 Å². The van der Waals surface area contributed by atoms with E-state index >= 15 is 0 Å². The lowest BCUT2D eigenvalue weighted by molar-refractivity contribution is 1.03. The van der Waals surface area contributed by atoms with Gasteiger partial charge in [0.2, 0.25) is 0 Å². The van der Waals surface area contributed by atoms with Crippen LogP contribution in [0, 0.1) is 15.3 Å². The standard InChI is InChI=1S/C13H10IN3S/c1-8-6-7-10-12(15-8)17(13(18)16-10)11-5-3-2-4-9(11)14/h2-7H,1H3,(H,16,18). The van der Waals surface area contributed by atoms with E-state index in [1.807, 2.05) is 35.8 Å². The minimum absolute atomic E-state index is 0.673. The summed E-state index contributed by atoms with van der Waals surface area (Å²) in [5.41, 5.74) is 3.89. The zero-order chi connectivity index (χ0) is 12.7. The van der Waals surface area contributed by atoms with Crippen molar-refractivity contribution in [3.63, 3.8) is 0 Å². The molecule has 0 unspecified atom stereocenters. The summed E-state index contributed by atoms with van der Waals surface area (Å²) in [6.45, 7) is 1.98. The third kappa shape index (κ3) is 1.87. The number of hydrogen-bond acceptors (Lipinski definition) is 2. The average molecular weight is 367 g/mol. The number of nitrogens with zero attached hydrogens (tertiary/aromatic N) is 2. The molecule has 90 valence electrons. The van der Waals surface area contributed by atoms with E-state index in [0.29, 0.717) is 4.77 Å². The second kappa shape index (κ2) is 4.47. The predicted octanol–water partition coefficient (Wildman–Crippen LogP) is 4.00. The predicted molar refractivity (Wildman–Crippen MR) is 83.7 cm³/mol. The number of para-hydroxylation sites is 1. The van der Waals surface area contributed by atoms with Gasteiger partial charge in [-0.1, -0.05) is 12.1 Å². The number of H-pyrrole nitrogens is 1. The Morgan fingerprint density at radius 1 is 1.22 bits per heavy atom. The normalized spacial score (nSPS) is 11.0. The quantitative estimate of drug-likeness (QED) is 0.521. The maximum Gasteiger partial charge on any atom is 0.184 e. The van der Waals surface area contributed by atoms with Gasteiger partial charge < -0.3 is 4.98 Å². The summed E-state index contributed by atoms with van der Waals surface area (Å²) in [4.78, 5) is 7.77. The summed E-state index contributed by atoms with van der Waals surface area (Å²) in [5, 5.41) is 0. The molecule has 3 nitrogen and oxygen atoms in total. The number of fused-ring (bicyclic) bond motifs is 1. The molecule has 0 saturated carbocycles. The third-order valence-electron chi connectivity index (χ3n) is 2.76. The number of benzene rings is 1. The molecule has 0 fully saturated rings. The van der Waals surface area contributed by atoms with E-state index in [0.717, 1.165) is 26.1 Å². The second-order valence-corrected chi connectivity index (χ2v) is 5.59. The van der Waals surface area contributed by atoms with E-state index in [2.05, 4.69) is 44.7 Å². The molecule has 2 aromatic heterocycles. The molecule has 0 aliphatic heterocycles. The number of aromatic amines is 1. The smallest absolute Gasteiger partial charge is 0.184 e. The molecule has 0 radical (unpaired) electrons.